The Bertz CT molecular complexity index is 1220. The van der Waals surface area contributed by atoms with Crippen LogP contribution in [-0.4, -0.2) is 41.8 Å². The fourth-order valence-corrected chi connectivity index (χ4v) is 4.00. The molecule has 6 nitrogen and oxygen atoms in total. The van der Waals surface area contributed by atoms with Crippen LogP contribution in [0.1, 0.15) is 29.2 Å². The van der Waals surface area contributed by atoms with E-state index in [9.17, 15) is 15.1 Å². The molecule has 0 bridgehead atoms. The number of aromatic hydroxyl groups is 1. The molecule has 0 fully saturated rings. The van der Waals surface area contributed by atoms with E-state index in [4.69, 9.17) is 9.47 Å². The molecule has 1 N–H and O–H groups in total. The molecule has 1 aliphatic carbocycles. The molecule has 168 valence electrons. The Morgan fingerprint density at radius 1 is 1.00 bits per heavy atom. The molecule has 1 aliphatic rings. The van der Waals surface area contributed by atoms with E-state index in [-0.39, 0.29) is 23.6 Å². The number of hydrogen-bond acceptors (Lipinski definition) is 5. The van der Waals surface area contributed by atoms with E-state index in [1.807, 2.05) is 54.6 Å². The molecule has 33 heavy (non-hydrogen) atoms. The Labute approximate surface area is 192 Å². The van der Waals surface area contributed by atoms with E-state index < -0.39 is 5.97 Å². The first kappa shape index (κ1) is 22.1. The van der Waals surface area contributed by atoms with Crippen LogP contribution in [0, 0.1) is 5.21 Å². The number of phenols is 1. The minimum atomic E-state index is -0.528. The van der Waals surface area contributed by atoms with Gasteiger partial charge in [0.15, 0.2) is 0 Å². The van der Waals surface area contributed by atoms with E-state index in [2.05, 4.69) is 0 Å². The van der Waals surface area contributed by atoms with Gasteiger partial charge in [0.1, 0.15) is 24.1 Å². The monoisotopic (exact) mass is 443 g/mol. The molecule has 0 aliphatic heterocycles. The zero-order valence-corrected chi connectivity index (χ0v) is 18.6. The number of ether oxygens (including phenoxy) is 2. The Balaban J connectivity index is 1.69. The largest absolute Gasteiger partial charge is 0.624 e. The summed E-state index contributed by atoms with van der Waals surface area (Å²) in [6.07, 6.45) is 0.664. The topological polar surface area (TPSA) is 81.8 Å². The number of carbonyl (C=O) groups is 1. The van der Waals surface area contributed by atoms with Gasteiger partial charge in [-0.25, -0.2) is 9.53 Å². The van der Waals surface area contributed by atoms with Gasteiger partial charge in [-0.15, -0.1) is 0 Å². The summed E-state index contributed by atoms with van der Waals surface area (Å²) < 4.78 is 12.0. The molecule has 0 radical (unpaired) electrons. The van der Waals surface area contributed by atoms with Gasteiger partial charge >= 0.3 is 5.97 Å². The Morgan fingerprint density at radius 2 is 1.73 bits per heavy atom. The van der Waals surface area contributed by atoms with Crippen molar-refractivity contribution in [1.82, 2.24) is 0 Å². The first-order valence-corrected chi connectivity index (χ1v) is 10.8. The third kappa shape index (κ3) is 4.60. The quantitative estimate of drug-likeness (QED) is 0.255. The average molecular weight is 443 g/mol. The third-order valence-electron chi connectivity index (χ3n) is 5.46. The Hall–Kier alpha value is -4.06. The van der Waals surface area contributed by atoms with Crippen molar-refractivity contribution in [3.05, 3.63) is 106 Å². The van der Waals surface area contributed by atoms with Crippen LogP contribution in [0.4, 0.5) is 0 Å². The molecule has 0 amide bonds. The zero-order chi connectivity index (χ0) is 23.4. The molecule has 3 aromatic carbocycles. The molecule has 0 saturated carbocycles. The second-order valence-electron chi connectivity index (χ2n) is 7.65. The molecule has 6 heteroatoms. The van der Waals surface area contributed by atoms with Gasteiger partial charge in [0.05, 0.1) is 18.8 Å². The highest BCUT2D eigenvalue weighted by molar-refractivity contribution is 6.35. The zero-order valence-electron chi connectivity index (χ0n) is 18.6. The highest BCUT2D eigenvalue weighted by atomic mass is 16.5. The predicted octanol–water partition coefficient (Wildman–Crippen LogP) is 4.32. The van der Waals surface area contributed by atoms with Crippen molar-refractivity contribution in [2.75, 3.05) is 20.3 Å². The number of fused-ring (bicyclic) bond motifs is 1. The van der Waals surface area contributed by atoms with Crippen LogP contribution in [0.3, 0.4) is 0 Å². The Kier molecular flexibility index (Phi) is 6.45. The van der Waals surface area contributed by atoms with Gasteiger partial charge in [0.2, 0.25) is 5.71 Å². The van der Waals surface area contributed by atoms with Gasteiger partial charge in [-0.2, -0.15) is 0 Å². The number of carbonyl (C=O) groups excluding carboxylic acids is 1. The lowest BCUT2D eigenvalue weighted by molar-refractivity contribution is -0.421. The summed E-state index contributed by atoms with van der Waals surface area (Å²) in [7, 11) is 1.38. The second kappa shape index (κ2) is 9.61. The highest BCUT2D eigenvalue weighted by Gasteiger charge is 2.39. The molecule has 0 spiro atoms. The van der Waals surface area contributed by atoms with Crippen LogP contribution in [-0.2, 0) is 16.0 Å². The molecule has 4 rings (SSSR count). The normalized spacial score (nSPS) is 14.1. The van der Waals surface area contributed by atoms with E-state index in [0.717, 1.165) is 16.7 Å². The van der Waals surface area contributed by atoms with Crippen molar-refractivity contribution in [2.45, 2.75) is 13.3 Å². The number of esters is 1. The van der Waals surface area contributed by atoms with Crippen LogP contribution in [0.25, 0.3) is 5.57 Å². The summed E-state index contributed by atoms with van der Waals surface area (Å²) in [6.45, 7) is 2.38. The summed E-state index contributed by atoms with van der Waals surface area (Å²) >= 11 is 0. The van der Waals surface area contributed by atoms with E-state index >= 15 is 0 Å². The molecule has 0 saturated heterocycles. The summed E-state index contributed by atoms with van der Waals surface area (Å²) in [6, 6.07) is 22.0. The van der Waals surface area contributed by atoms with Crippen molar-refractivity contribution < 1.29 is 24.1 Å². The fourth-order valence-electron chi connectivity index (χ4n) is 4.00. The number of hydrogen-bond donors (Lipinski definition) is 1. The smallest absolute Gasteiger partial charge is 0.345 e. The molecule has 0 unspecified atom stereocenters. The lowest BCUT2D eigenvalue weighted by atomic mass is 9.97. The standard InChI is InChI=1S/C27H25NO5/c1-3-32-27(30)25-24(19-7-5-4-6-8-19)22-14-13-21(17-23(22)26(25)28(2)31)33-16-15-18-9-11-20(29)12-10-18/h4-14,17,29H,3,15-16H2,1-2H3/b28-26+. The second-order valence-corrected chi connectivity index (χ2v) is 7.65. The minimum absolute atomic E-state index is 0.211. The van der Waals surface area contributed by atoms with Gasteiger partial charge in [-0.3, -0.25) is 0 Å². The van der Waals surface area contributed by atoms with Crippen LogP contribution in [0.15, 0.2) is 78.4 Å². The van der Waals surface area contributed by atoms with Gasteiger partial charge in [0.25, 0.3) is 0 Å². The van der Waals surface area contributed by atoms with Gasteiger partial charge < -0.3 is 19.8 Å². The summed E-state index contributed by atoms with van der Waals surface area (Å²) in [5, 5.41) is 22.0. The van der Waals surface area contributed by atoms with E-state index in [0.29, 0.717) is 34.7 Å². The van der Waals surface area contributed by atoms with Crippen molar-refractivity contribution >= 4 is 17.3 Å². The predicted molar refractivity (Wildman–Crippen MR) is 127 cm³/mol. The number of benzene rings is 3. The lowest BCUT2D eigenvalue weighted by Gasteiger charge is -2.10. The van der Waals surface area contributed by atoms with Crippen molar-refractivity contribution in [3.63, 3.8) is 0 Å². The van der Waals surface area contributed by atoms with Gasteiger partial charge in [0, 0.05) is 12.0 Å². The van der Waals surface area contributed by atoms with Crippen LogP contribution in [0.2, 0.25) is 0 Å². The first-order chi connectivity index (χ1) is 16.0. The lowest BCUT2D eigenvalue weighted by Crippen LogP contribution is -2.21. The maximum atomic E-state index is 12.9. The highest BCUT2D eigenvalue weighted by Crippen LogP contribution is 2.40. The summed E-state index contributed by atoms with van der Waals surface area (Å²) in [5.74, 6) is 0.298. The third-order valence-corrected chi connectivity index (χ3v) is 5.46. The average Bonchev–Trinajstić information content (AvgIpc) is 3.16. The Morgan fingerprint density at radius 3 is 2.39 bits per heavy atom. The number of rotatable bonds is 7. The minimum Gasteiger partial charge on any atom is -0.624 e. The van der Waals surface area contributed by atoms with Crippen LogP contribution >= 0.6 is 0 Å². The molecule has 0 atom stereocenters. The number of hydroxylamine groups is 1. The van der Waals surface area contributed by atoms with Crippen molar-refractivity contribution in [2.24, 2.45) is 0 Å². The van der Waals surface area contributed by atoms with E-state index in [1.165, 1.54) is 7.05 Å². The molecule has 0 aromatic heterocycles. The maximum Gasteiger partial charge on any atom is 0.345 e. The summed E-state index contributed by atoms with van der Waals surface area (Å²) in [5.41, 5.74) is 4.50. The molecule has 3 aromatic rings. The number of nitrogens with zero attached hydrogens (tertiary/aromatic N) is 1. The molecular weight excluding hydrogens is 418 g/mol. The first-order valence-electron chi connectivity index (χ1n) is 10.8. The van der Waals surface area contributed by atoms with Gasteiger partial charge in [-0.05, 0) is 53.9 Å². The maximum absolute atomic E-state index is 12.9. The molecular formula is C27H25NO5. The van der Waals surface area contributed by atoms with Crippen LogP contribution in [0.5, 0.6) is 11.5 Å². The summed E-state index contributed by atoms with van der Waals surface area (Å²) in [4.78, 5) is 12.9. The van der Waals surface area contributed by atoms with E-state index in [1.54, 1.807) is 25.1 Å². The van der Waals surface area contributed by atoms with Crippen molar-refractivity contribution in [1.29, 1.82) is 0 Å². The van der Waals surface area contributed by atoms with Crippen LogP contribution < -0.4 is 4.74 Å². The van der Waals surface area contributed by atoms with Gasteiger partial charge in [-0.1, -0.05) is 42.5 Å². The molecule has 0 heterocycles. The fraction of sp³-hybridized carbons (Fsp3) is 0.185. The van der Waals surface area contributed by atoms with Crippen molar-refractivity contribution in [3.8, 4) is 11.5 Å². The number of phenolic OH excluding ortho intramolecular Hbond substituents is 1. The SMILES string of the molecule is CCOC(=O)C1=C(c2ccccc2)c2ccc(OCCc3ccc(O)cc3)cc2/C1=[N+](/C)[O-].